The molecule has 0 spiro atoms. The first-order valence-corrected chi connectivity index (χ1v) is 2.21. The Balaban J connectivity index is 0.000000810. The van der Waals surface area contributed by atoms with E-state index in [1.807, 2.05) is 0 Å². The Bertz CT molecular complexity index is 174. The van der Waals surface area contributed by atoms with Gasteiger partial charge in [-0.05, 0) is 0 Å². The first kappa shape index (κ1) is 9.01. The summed E-state index contributed by atoms with van der Waals surface area (Å²) in [4.78, 5) is 10.5. The van der Waals surface area contributed by atoms with Crippen LogP contribution >= 0.6 is 0 Å². The predicted molar refractivity (Wildman–Crippen MR) is 40.2 cm³/mol. The second-order valence-corrected chi connectivity index (χ2v) is 1.41. The molecule has 0 atom stereocenters. The second-order valence-electron chi connectivity index (χ2n) is 1.41. The van der Waals surface area contributed by atoms with Crippen molar-refractivity contribution in [3.63, 3.8) is 0 Å². The average Bonchev–Trinajstić information content (AvgIpc) is 1.59. The molecule has 50 valence electrons. The molecule has 6 nitrogen and oxygen atoms in total. The van der Waals surface area contributed by atoms with E-state index in [1.54, 1.807) is 0 Å². The van der Waals surface area contributed by atoms with Crippen LogP contribution in [0.4, 0.5) is 17.8 Å². The molecule has 0 saturated carbocycles. The van der Waals surface area contributed by atoms with Gasteiger partial charge in [-0.1, -0.05) is 0 Å². The maximum atomic E-state index is 5.14. The van der Waals surface area contributed by atoms with E-state index in [2.05, 4.69) is 15.0 Å². The van der Waals surface area contributed by atoms with Crippen LogP contribution in [-0.2, 0) is 0 Å². The van der Waals surface area contributed by atoms with Gasteiger partial charge in [0.15, 0.2) is 0 Å². The predicted octanol–water partition coefficient (Wildman–Crippen LogP) is -2.03. The minimum atomic E-state index is 0. The number of nitrogen functional groups attached to an aromatic ring is 3. The van der Waals surface area contributed by atoms with Crippen molar-refractivity contribution < 1.29 is 0 Å². The fraction of sp³-hybridized carbons (Fsp3) is 0. The molecule has 7 heteroatoms. The van der Waals surface area contributed by atoms with Crippen molar-refractivity contribution in [2.24, 2.45) is 0 Å². The minimum absolute atomic E-state index is 0. The molecule has 0 saturated heterocycles. The van der Waals surface area contributed by atoms with Gasteiger partial charge in [-0.2, -0.15) is 15.0 Å². The van der Waals surface area contributed by atoms with Gasteiger partial charge in [0.1, 0.15) is 0 Å². The molecular formula is C3H7LiN6. The molecule has 1 heterocycles. The number of anilines is 3. The van der Waals surface area contributed by atoms with Gasteiger partial charge in [-0.3, -0.25) is 0 Å². The molecule has 1 aromatic rings. The molecule has 0 aromatic carbocycles. The van der Waals surface area contributed by atoms with Gasteiger partial charge < -0.3 is 17.2 Å². The summed E-state index contributed by atoms with van der Waals surface area (Å²) in [6, 6.07) is 0. The van der Waals surface area contributed by atoms with Crippen LogP contribution in [0.1, 0.15) is 0 Å². The zero-order valence-electron chi connectivity index (χ0n) is 4.57. The van der Waals surface area contributed by atoms with Gasteiger partial charge in [-0.15, -0.1) is 0 Å². The Labute approximate surface area is 69.4 Å². The molecule has 0 aliphatic rings. The van der Waals surface area contributed by atoms with Gasteiger partial charge in [-0.25, -0.2) is 0 Å². The van der Waals surface area contributed by atoms with E-state index in [0.29, 0.717) is 0 Å². The Morgan fingerprint density at radius 1 is 0.700 bits per heavy atom. The van der Waals surface area contributed by atoms with Gasteiger partial charge in [0.25, 0.3) is 0 Å². The summed E-state index contributed by atoms with van der Waals surface area (Å²) < 4.78 is 0. The van der Waals surface area contributed by atoms with E-state index in [4.69, 9.17) is 17.2 Å². The molecule has 6 N–H and O–H groups in total. The molecule has 1 aromatic heterocycles. The SMILES string of the molecule is Nc1nc(N)nc(N)n1.[LiH]. The average molecular weight is 134 g/mol. The van der Waals surface area contributed by atoms with E-state index < -0.39 is 0 Å². The molecule has 0 unspecified atom stereocenters. The van der Waals surface area contributed by atoms with Gasteiger partial charge in [0.05, 0.1) is 0 Å². The van der Waals surface area contributed by atoms with Crippen LogP contribution in [0.15, 0.2) is 0 Å². The molecule has 0 bridgehead atoms. The van der Waals surface area contributed by atoms with Crippen LogP contribution in [0.3, 0.4) is 0 Å². The topological polar surface area (TPSA) is 117 Å². The molecule has 0 aliphatic heterocycles. The molecule has 0 radical (unpaired) electrons. The Morgan fingerprint density at radius 2 is 0.900 bits per heavy atom. The Hall–Kier alpha value is -0.993. The van der Waals surface area contributed by atoms with Crippen LogP contribution in [0.5, 0.6) is 0 Å². The van der Waals surface area contributed by atoms with E-state index >= 15 is 0 Å². The van der Waals surface area contributed by atoms with Crippen LogP contribution in [0.25, 0.3) is 0 Å². The Morgan fingerprint density at radius 3 is 1.10 bits per heavy atom. The van der Waals surface area contributed by atoms with Crippen LogP contribution < -0.4 is 17.2 Å². The van der Waals surface area contributed by atoms with Crippen LogP contribution in [0.2, 0.25) is 0 Å². The normalized spacial score (nSPS) is 8.40. The second kappa shape index (κ2) is 3.25. The fourth-order valence-electron chi connectivity index (χ4n) is 0.427. The van der Waals surface area contributed by atoms with Crippen molar-refractivity contribution in [3.8, 4) is 0 Å². The molecular weight excluding hydrogens is 127 g/mol. The van der Waals surface area contributed by atoms with Crippen molar-refractivity contribution in [3.05, 3.63) is 0 Å². The van der Waals surface area contributed by atoms with E-state index in [1.165, 1.54) is 0 Å². The standard InChI is InChI=1S/C3H6N6.Li.H/c4-1-7-2(5)9-3(6)8-1;;/h(H6,4,5,6,7,8,9);;. The van der Waals surface area contributed by atoms with Crippen molar-refractivity contribution >= 4 is 36.7 Å². The third-order valence-electron chi connectivity index (χ3n) is 0.687. The summed E-state index contributed by atoms with van der Waals surface area (Å²) in [6.07, 6.45) is 0. The fourth-order valence-corrected chi connectivity index (χ4v) is 0.427. The zero-order chi connectivity index (χ0) is 6.85. The number of aromatic nitrogens is 3. The number of rotatable bonds is 0. The third kappa shape index (κ3) is 2.09. The zero-order valence-corrected chi connectivity index (χ0v) is 4.57. The van der Waals surface area contributed by atoms with Crippen LogP contribution in [-0.4, -0.2) is 33.8 Å². The molecule has 0 aliphatic carbocycles. The van der Waals surface area contributed by atoms with Crippen molar-refractivity contribution in [2.75, 3.05) is 17.2 Å². The van der Waals surface area contributed by atoms with Gasteiger partial charge in [0.2, 0.25) is 17.8 Å². The van der Waals surface area contributed by atoms with E-state index in [0.717, 1.165) is 0 Å². The Kier molecular flexibility index (Phi) is 2.92. The molecule has 0 fully saturated rings. The van der Waals surface area contributed by atoms with Gasteiger partial charge >= 0.3 is 18.9 Å². The van der Waals surface area contributed by atoms with E-state index in [-0.39, 0.29) is 36.7 Å². The van der Waals surface area contributed by atoms with Crippen LogP contribution in [0, 0.1) is 0 Å². The van der Waals surface area contributed by atoms with Crippen molar-refractivity contribution in [1.29, 1.82) is 0 Å². The summed E-state index contributed by atoms with van der Waals surface area (Å²) in [7, 11) is 0. The molecule has 0 amide bonds. The summed E-state index contributed by atoms with van der Waals surface area (Å²) >= 11 is 0. The number of nitrogens with zero attached hydrogens (tertiary/aromatic N) is 3. The number of hydrogen-bond donors (Lipinski definition) is 3. The van der Waals surface area contributed by atoms with Crippen molar-refractivity contribution in [1.82, 2.24) is 15.0 Å². The quantitative estimate of drug-likeness (QED) is 0.352. The molecule has 10 heavy (non-hydrogen) atoms. The summed E-state index contributed by atoms with van der Waals surface area (Å²) in [5.74, 6) is 0.125. The summed E-state index contributed by atoms with van der Waals surface area (Å²) in [6.45, 7) is 0. The maximum absolute atomic E-state index is 5.14. The third-order valence-corrected chi connectivity index (χ3v) is 0.687. The first-order valence-electron chi connectivity index (χ1n) is 2.21. The van der Waals surface area contributed by atoms with E-state index in [9.17, 15) is 0 Å². The monoisotopic (exact) mass is 134 g/mol. The number of hydrogen-bond acceptors (Lipinski definition) is 6. The van der Waals surface area contributed by atoms with Crippen molar-refractivity contribution in [2.45, 2.75) is 0 Å². The summed E-state index contributed by atoms with van der Waals surface area (Å²) in [5.41, 5.74) is 15.4. The summed E-state index contributed by atoms with van der Waals surface area (Å²) in [5, 5.41) is 0. The number of nitrogens with two attached hydrogens (primary N) is 3. The molecule has 1 rings (SSSR count). The first-order chi connectivity index (χ1) is 4.18. The van der Waals surface area contributed by atoms with Gasteiger partial charge in [0, 0.05) is 0 Å².